The van der Waals surface area contributed by atoms with Gasteiger partial charge in [0.25, 0.3) is 0 Å². The largest absolute Gasteiger partial charge is 0.381 e. The quantitative estimate of drug-likeness (QED) is 0.279. The van der Waals surface area contributed by atoms with Crippen LogP contribution in [0.15, 0.2) is 5.11 Å². The number of azide groups is 1. The molecule has 1 aliphatic heterocycles. The van der Waals surface area contributed by atoms with Crippen molar-refractivity contribution in [2.24, 2.45) is 16.8 Å². The standard InChI is InChI=1S/C9H17N5O2/c10-9(15)8(7-2-5-16-6-7)12-3-1-4-13-14-11/h7-8,12H,1-6H2,(H2,10,15). The Balaban J connectivity index is 2.27. The first kappa shape index (κ1) is 12.8. The van der Waals surface area contributed by atoms with E-state index in [2.05, 4.69) is 15.3 Å². The van der Waals surface area contributed by atoms with E-state index in [4.69, 9.17) is 16.0 Å². The van der Waals surface area contributed by atoms with Gasteiger partial charge in [-0.05, 0) is 24.9 Å². The lowest BCUT2D eigenvalue weighted by Crippen LogP contribution is -2.47. The minimum Gasteiger partial charge on any atom is -0.381 e. The number of carbonyl (C=O) groups excluding carboxylic acids is 1. The van der Waals surface area contributed by atoms with E-state index in [0.29, 0.717) is 32.7 Å². The van der Waals surface area contributed by atoms with Gasteiger partial charge in [-0.25, -0.2) is 0 Å². The molecule has 0 bridgehead atoms. The zero-order chi connectivity index (χ0) is 11.8. The minimum absolute atomic E-state index is 0.164. The van der Waals surface area contributed by atoms with Crippen LogP contribution in [0, 0.1) is 5.92 Å². The molecule has 7 heteroatoms. The Kier molecular flexibility index (Phi) is 5.63. The van der Waals surface area contributed by atoms with Crippen molar-refractivity contribution in [3.8, 4) is 0 Å². The van der Waals surface area contributed by atoms with Gasteiger partial charge >= 0.3 is 0 Å². The first-order chi connectivity index (χ1) is 7.75. The molecule has 2 atom stereocenters. The summed E-state index contributed by atoms with van der Waals surface area (Å²) >= 11 is 0. The van der Waals surface area contributed by atoms with Gasteiger partial charge in [0.15, 0.2) is 0 Å². The molecule has 1 aliphatic rings. The second-order valence-corrected chi connectivity index (χ2v) is 3.77. The Hall–Kier alpha value is -1.30. The fourth-order valence-corrected chi connectivity index (χ4v) is 1.77. The maximum atomic E-state index is 11.2. The van der Waals surface area contributed by atoms with E-state index in [1.54, 1.807) is 0 Å². The maximum Gasteiger partial charge on any atom is 0.234 e. The van der Waals surface area contributed by atoms with E-state index in [-0.39, 0.29) is 17.9 Å². The molecule has 0 aromatic heterocycles. The molecule has 2 unspecified atom stereocenters. The zero-order valence-corrected chi connectivity index (χ0v) is 9.13. The number of hydrogen-bond donors (Lipinski definition) is 2. The predicted octanol–water partition coefficient (Wildman–Crippen LogP) is 0.167. The number of nitrogens with zero attached hydrogens (tertiary/aromatic N) is 3. The SMILES string of the molecule is [N-]=[N+]=NCCCNC(C(N)=O)C1CCOC1. The molecule has 1 rings (SSSR count). The Bertz CT molecular complexity index is 271. The van der Waals surface area contributed by atoms with E-state index in [0.717, 1.165) is 6.42 Å². The summed E-state index contributed by atoms with van der Waals surface area (Å²) in [6, 6.07) is -0.339. The van der Waals surface area contributed by atoms with Crippen LogP contribution in [0.4, 0.5) is 0 Å². The Morgan fingerprint density at radius 3 is 3.12 bits per heavy atom. The van der Waals surface area contributed by atoms with Gasteiger partial charge in [0, 0.05) is 24.0 Å². The number of rotatable bonds is 7. The van der Waals surface area contributed by atoms with E-state index in [1.165, 1.54) is 0 Å². The molecule has 1 saturated heterocycles. The lowest BCUT2D eigenvalue weighted by molar-refractivity contribution is -0.121. The highest BCUT2D eigenvalue weighted by Gasteiger charge is 2.29. The highest BCUT2D eigenvalue weighted by atomic mass is 16.5. The van der Waals surface area contributed by atoms with E-state index in [1.807, 2.05) is 0 Å². The van der Waals surface area contributed by atoms with Gasteiger partial charge in [0.05, 0.1) is 12.6 Å². The van der Waals surface area contributed by atoms with Gasteiger partial charge in [-0.15, -0.1) is 0 Å². The number of amides is 1. The lowest BCUT2D eigenvalue weighted by atomic mass is 9.98. The molecule has 90 valence electrons. The summed E-state index contributed by atoms with van der Waals surface area (Å²) in [5.41, 5.74) is 13.4. The summed E-state index contributed by atoms with van der Waals surface area (Å²) in [7, 11) is 0. The fraction of sp³-hybridized carbons (Fsp3) is 0.889. The summed E-state index contributed by atoms with van der Waals surface area (Å²) < 4.78 is 5.22. The fourth-order valence-electron chi connectivity index (χ4n) is 1.77. The number of nitrogens with one attached hydrogen (secondary N) is 1. The average Bonchev–Trinajstić information content (AvgIpc) is 2.76. The van der Waals surface area contributed by atoms with Crippen LogP contribution < -0.4 is 11.1 Å². The second kappa shape index (κ2) is 7.05. The minimum atomic E-state index is -0.348. The van der Waals surface area contributed by atoms with Crippen LogP contribution in [0.25, 0.3) is 10.4 Å². The summed E-state index contributed by atoms with van der Waals surface area (Å²) in [6.07, 6.45) is 1.55. The number of ether oxygens (including phenoxy) is 1. The highest BCUT2D eigenvalue weighted by Crippen LogP contribution is 2.16. The monoisotopic (exact) mass is 227 g/mol. The smallest absolute Gasteiger partial charge is 0.234 e. The molecule has 1 heterocycles. The molecule has 0 radical (unpaired) electrons. The number of carbonyl (C=O) groups is 1. The third kappa shape index (κ3) is 4.06. The molecular weight excluding hydrogens is 210 g/mol. The van der Waals surface area contributed by atoms with E-state index < -0.39 is 0 Å². The molecule has 7 nitrogen and oxygen atoms in total. The Morgan fingerprint density at radius 2 is 2.56 bits per heavy atom. The molecule has 0 spiro atoms. The zero-order valence-electron chi connectivity index (χ0n) is 9.13. The molecule has 0 aromatic rings. The normalized spacial score (nSPS) is 21.4. The highest BCUT2D eigenvalue weighted by molar-refractivity contribution is 5.80. The van der Waals surface area contributed by atoms with Crippen LogP contribution in [0.3, 0.4) is 0 Å². The Morgan fingerprint density at radius 1 is 1.75 bits per heavy atom. The summed E-state index contributed by atoms with van der Waals surface area (Å²) in [5.74, 6) is -0.184. The molecule has 0 aliphatic carbocycles. The van der Waals surface area contributed by atoms with Gasteiger partial charge in [0.2, 0.25) is 5.91 Å². The van der Waals surface area contributed by atoms with Crippen LogP contribution in [0.1, 0.15) is 12.8 Å². The first-order valence-electron chi connectivity index (χ1n) is 5.37. The number of hydrogen-bond acceptors (Lipinski definition) is 4. The van der Waals surface area contributed by atoms with Crippen molar-refractivity contribution in [3.05, 3.63) is 10.4 Å². The summed E-state index contributed by atoms with van der Waals surface area (Å²) in [4.78, 5) is 13.9. The van der Waals surface area contributed by atoms with Gasteiger partial charge in [-0.3, -0.25) is 4.79 Å². The number of primary amides is 1. The van der Waals surface area contributed by atoms with Crippen LogP contribution in [0.2, 0.25) is 0 Å². The first-order valence-corrected chi connectivity index (χ1v) is 5.37. The van der Waals surface area contributed by atoms with Crippen molar-refractivity contribution in [1.29, 1.82) is 0 Å². The van der Waals surface area contributed by atoms with Crippen molar-refractivity contribution in [3.63, 3.8) is 0 Å². The van der Waals surface area contributed by atoms with Crippen molar-refractivity contribution in [2.45, 2.75) is 18.9 Å². The van der Waals surface area contributed by atoms with Crippen LogP contribution in [0.5, 0.6) is 0 Å². The van der Waals surface area contributed by atoms with Gasteiger partial charge in [0.1, 0.15) is 0 Å². The molecule has 0 aromatic carbocycles. The van der Waals surface area contributed by atoms with E-state index >= 15 is 0 Å². The van der Waals surface area contributed by atoms with Gasteiger partial charge in [-0.2, -0.15) is 0 Å². The average molecular weight is 227 g/mol. The molecule has 0 saturated carbocycles. The van der Waals surface area contributed by atoms with Crippen LogP contribution >= 0.6 is 0 Å². The maximum absolute atomic E-state index is 11.2. The topological polar surface area (TPSA) is 113 Å². The number of nitrogens with two attached hydrogens (primary N) is 1. The third-order valence-corrected chi connectivity index (χ3v) is 2.61. The van der Waals surface area contributed by atoms with Gasteiger partial charge < -0.3 is 15.8 Å². The lowest BCUT2D eigenvalue weighted by Gasteiger charge is -2.20. The Labute approximate surface area is 94.0 Å². The van der Waals surface area contributed by atoms with Crippen LogP contribution in [-0.4, -0.2) is 38.3 Å². The molecule has 3 N–H and O–H groups in total. The second-order valence-electron chi connectivity index (χ2n) is 3.77. The van der Waals surface area contributed by atoms with Crippen molar-refractivity contribution in [2.75, 3.05) is 26.3 Å². The van der Waals surface area contributed by atoms with Crippen molar-refractivity contribution < 1.29 is 9.53 Å². The third-order valence-electron chi connectivity index (χ3n) is 2.61. The van der Waals surface area contributed by atoms with Crippen LogP contribution in [-0.2, 0) is 9.53 Å². The molecule has 16 heavy (non-hydrogen) atoms. The summed E-state index contributed by atoms with van der Waals surface area (Å²) in [6.45, 7) is 2.31. The van der Waals surface area contributed by atoms with E-state index in [9.17, 15) is 4.79 Å². The molecule has 1 fully saturated rings. The van der Waals surface area contributed by atoms with Crippen molar-refractivity contribution in [1.82, 2.24) is 5.32 Å². The molecular formula is C9H17N5O2. The molecule has 1 amide bonds. The predicted molar refractivity (Wildman–Crippen MR) is 58.5 cm³/mol. The van der Waals surface area contributed by atoms with Gasteiger partial charge in [-0.1, -0.05) is 5.11 Å². The summed E-state index contributed by atoms with van der Waals surface area (Å²) in [5, 5.41) is 6.49. The van der Waals surface area contributed by atoms with Crippen molar-refractivity contribution >= 4 is 5.91 Å².